The minimum Gasteiger partial charge on any atom is -0.313 e. The third-order valence-corrected chi connectivity index (χ3v) is 6.86. The number of aryl methyl sites for hydroxylation is 1. The summed E-state index contributed by atoms with van der Waals surface area (Å²) < 4.78 is 28.0. The highest BCUT2D eigenvalue weighted by molar-refractivity contribution is 9.11. The van der Waals surface area contributed by atoms with E-state index >= 15 is 0 Å². The maximum Gasteiger partial charge on any atom is 0.245 e. The number of hydrogen-bond donors (Lipinski definition) is 1. The molecule has 1 aliphatic heterocycles. The zero-order chi connectivity index (χ0) is 14.9. The Morgan fingerprint density at radius 1 is 1.40 bits per heavy atom. The molecule has 0 amide bonds. The van der Waals surface area contributed by atoms with Crippen LogP contribution in [0.5, 0.6) is 0 Å². The van der Waals surface area contributed by atoms with Gasteiger partial charge in [-0.2, -0.15) is 9.57 Å². The van der Waals surface area contributed by atoms with Crippen molar-refractivity contribution >= 4 is 41.9 Å². The quantitative estimate of drug-likeness (QED) is 0.790. The number of sulfonamides is 1. The molecule has 5 nitrogen and oxygen atoms in total. The summed E-state index contributed by atoms with van der Waals surface area (Å²) in [5.74, 6) is 0. The Morgan fingerprint density at radius 3 is 2.75 bits per heavy atom. The van der Waals surface area contributed by atoms with Crippen molar-refractivity contribution in [3.63, 3.8) is 0 Å². The van der Waals surface area contributed by atoms with E-state index in [4.69, 9.17) is 5.26 Å². The van der Waals surface area contributed by atoms with Crippen molar-refractivity contribution in [1.29, 1.82) is 5.26 Å². The second kappa shape index (κ2) is 6.12. The van der Waals surface area contributed by atoms with Gasteiger partial charge in [-0.25, -0.2) is 8.42 Å². The molecule has 1 atom stereocenters. The molecule has 0 aromatic heterocycles. The molecular formula is C12H13Br2N3O2S. The maximum atomic E-state index is 12.7. The van der Waals surface area contributed by atoms with Gasteiger partial charge >= 0.3 is 0 Å². The Hall–Kier alpha value is -0.460. The molecule has 0 aliphatic carbocycles. The van der Waals surface area contributed by atoms with Crippen molar-refractivity contribution in [2.24, 2.45) is 0 Å². The van der Waals surface area contributed by atoms with Crippen LogP contribution in [-0.4, -0.2) is 38.4 Å². The first-order valence-electron chi connectivity index (χ1n) is 5.95. The molecule has 1 heterocycles. The van der Waals surface area contributed by atoms with Crippen LogP contribution in [0.2, 0.25) is 0 Å². The molecule has 1 saturated heterocycles. The number of piperazine rings is 1. The average molecular weight is 423 g/mol. The summed E-state index contributed by atoms with van der Waals surface area (Å²) >= 11 is 6.65. The van der Waals surface area contributed by atoms with Gasteiger partial charge in [0.05, 0.1) is 11.0 Å². The largest absolute Gasteiger partial charge is 0.313 e. The molecule has 1 aliphatic rings. The first-order chi connectivity index (χ1) is 9.37. The van der Waals surface area contributed by atoms with Crippen molar-refractivity contribution < 1.29 is 8.42 Å². The fourth-order valence-corrected chi connectivity index (χ4v) is 5.21. The Morgan fingerprint density at radius 2 is 2.10 bits per heavy atom. The highest BCUT2D eigenvalue weighted by Gasteiger charge is 2.34. The number of hydrogen-bond acceptors (Lipinski definition) is 4. The predicted molar refractivity (Wildman–Crippen MR) is 82.7 cm³/mol. The molecule has 1 N–H and O–H groups in total. The summed E-state index contributed by atoms with van der Waals surface area (Å²) in [6.07, 6.45) is 0. The molecule has 1 fully saturated rings. The third-order valence-electron chi connectivity index (χ3n) is 3.14. The van der Waals surface area contributed by atoms with Crippen molar-refractivity contribution in [3.8, 4) is 6.07 Å². The molecule has 0 bridgehead atoms. The van der Waals surface area contributed by atoms with Crippen LogP contribution in [0, 0.1) is 18.3 Å². The molecule has 108 valence electrons. The van der Waals surface area contributed by atoms with Gasteiger partial charge in [-0.05, 0) is 40.5 Å². The number of rotatable bonds is 2. The van der Waals surface area contributed by atoms with E-state index in [0.29, 0.717) is 24.1 Å². The molecular weight excluding hydrogens is 410 g/mol. The predicted octanol–water partition coefficient (Wildman–Crippen LogP) is 2.01. The van der Waals surface area contributed by atoms with E-state index in [1.807, 2.05) is 13.0 Å². The van der Waals surface area contributed by atoms with Crippen LogP contribution in [0.4, 0.5) is 0 Å². The van der Waals surface area contributed by atoms with E-state index in [0.717, 1.165) is 10.0 Å². The zero-order valence-electron chi connectivity index (χ0n) is 10.7. The van der Waals surface area contributed by atoms with Crippen molar-refractivity contribution in [3.05, 3.63) is 26.6 Å². The van der Waals surface area contributed by atoms with Gasteiger partial charge in [-0.1, -0.05) is 15.9 Å². The summed E-state index contributed by atoms with van der Waals surface area (Å²) in [7, 11) is -3.70. The normalized spacial score (nSPS) is 20.6. The van der Waals surface area contributed by atoms with E-state index in [9.17, 15) is 8.42 Å². The maximum absolute atomic E-state index is 12.7. The summed E-state index contributed by atoms with van der Waals surface area (Å²) in [5, 5.41) is 12.1. The number of benzene rings is 1. The van der Waals surface area contributed by atoms with Crippen LogP contribution < -0.4 is 5.32 Å². The summed E-state index contributed by atoms with van der Waals surface area (Å²) in [5.41, 5.74) is 0.938. The Bertz CT molecular complexity index is 670. The Kier molecular flexibility index (Phi) is 4.87. The highest BCUT2D eigenvalue weighted by atomic mass is 79.9. The number of nitrogens with one attached hydrogen (secondary N) is 1. The molecule has 0 radical (unpaired) electrons. The van der Waals surface area contributed by atoms with E-state index in [-0.39, 0.29) is 4.90 Å². The van der Waals surface area contributed by atoms with Gasteiger partial charge in [-0.3, -0.25) is 0 Å². The minimum absolute atomic E-state index is 0.178. The second-order valence-corrected chi connectivity index (χ2v) is 8.06. The van der Waals surface area contributed by atoms with Gasteiger partial charge in [-0.15, -0.1) is 0 Å². The molecule has 1 unspecified atom stereocenters. The topological polar surface area (TPSA) is 73.2 Å². The lowest BCUT2D eigenvalue weighted by Crippen LogP contribution is -2.52. The molecule has 2 rings (SSSR count). The average Bonchev–Trinajstić information content (AvgIpc) is 2.42. The van der Waals surface area contributed by atoms with Crippen LogP contribution in [0.25, 0.3) is 0 Å². The van der Waals surface area contributed by atoms with Gasteiger partial charge in [0.15, 0.2) is 0 Å². The molecule has 0 spiro atoms. The number of nitriles is 1. The van der Waals surface area contributed by atoms with E-state index in [1.54, 1.807) is 12.1 Å². The fraction of sp³-hybridized carbons (Fsp3) is 0.417. The van der Waals surface area contributed by atoms with Gasteiger partial charge < -0.3 is 5.32 Å². The van der Waals surface area contributed by atoms with Crippen LogP contribution in [0.1, 0.15) is 5.56 Å². The number of halogens is 2. The second-order valence-electron chi connectivity index (χ2n) is 4.50. The first kappa shape index (κ1) is 15.9. The Balaban J connectivity index is 2.50. The first-order valence-corrected chi connectivity index (χ1v) is 8.98. The van der Waals surface area contributed by atoms with Crippen molar-refractivity contribution in [1.82, 2.24) is 9.62 Å². The summed E-state index contributed by atoms with van der Waals surface area (Å²) in [6, 6.07) is 4.68. The fourth-order valence-electron chi connectivity index (χ4n) is 2.04. The third kappa shape index (κ3) is 2.92. The number of nitrogens with zero attached hydrogens (tertiary/aromatic N) is 2. The highest BCUT2D eigenvalue weighted by Crippen LogP contribution is 2.31. The van der Waals surface area contributed by atoms with Crippen LogP contribution >= 0.6 is 31.9 Å². The Labute approximate surface area is 135 Å². The van der Waals surface area contributed by atoms with E-state index < -0.39 is 16.1 Å². The molecule has 20 heavy (non-hydrogen) atoms. The van der Waals surface area contributed by atoms with Crippen molar-refractivity contribution in [2.75, 3.05) is 19.6 Å². The molecule has 1 aromatic rings. The summed E-state index contributed by atoms with van der Waals surface area (Å²) in [4.78, 5) is 0.178. The van der Waals surface area contributed by atoms with Crippen LogP contribution in [0.3, 0.4) is 0 Å². The summed E-state index contributed by atoms with van der Waals surface area (Å²) in [6.45, 7) is 3.06. The minimum atomic E-state index is -3.70. The smallest absolute Gasteiger partial charge is 0.245 e. The van der Waals surface area contributed by atoms with Crippen LogP contribution in [-0.2, 0) is 10.0 Å². The molecule has 0 saturated carbocycles. The van der Waals surface area contributed by atoms with Crippen molar-refractivity contribution in [2.45, 2.75) is 17.9 Å². The SMILES string of the molecule is Cc1cc(Br)c(S(=O)(=O)N2CCNCC2C#N)cc1Br. The van der Waals surface area contributed by atoms with Gasteiger partial charge in [0.25, 0.3) is 0 Å². The lowest BCUT2D eigenvalue weighted by atomic mass is 10.2. The van der Waals surface area contributed by atoms with Gasteiger partial charge in [0, 0.05) is 28.6 Å². The van der Waals surface area contributed by atoms with E-state index in [2.05, 4.69) is 37.2 Å². The van der Waals surface area contributed by atoms with E-state index in [1.165, 1.54) is 4.31 Å². The zero-order valence-corrected chi connectivity index (χ0v) is 14.7. The monoisotopic (exact) mass is 421 g/mol. The molecule has 8 heteroatoms. The van der Waals surface area contributed by atoms with Crippen LogP contribution in [0.15, 0.2) is 26.0 Å². The van der Waals surface area contributed by atoms with Gasteiger partial charge in [0.1, 0.15) is 6.04 Å². The standard InChI is InChI=1S/C12H13Br2N3O2S/c1-8-4-11(14)12(5-10(8)13)20(18,19)17-3-2-16-7-9(17)6-15/h4-5,9,16H,2-3,7H2,1H3. The lowest BCUT2D eigenvalue weighted by Gasteiger charge is -2.31. The molecule has 1 aromatic carbocycles. The lowest BCUT2D eigenvalue weighted by molar-refractivity contribution is 0.311. The van der Waals surface area contributed by atoms with Gasteiger partial charge in [0.2, 0.25) is 10.0 Å².